The van der Waals surface area contributed by atoms with Crippen LogP contribution in [-0.2, 0) is 0 Å². The van der Waals surface area contributed by atoms with Gasteiger partial charge in [-0.2, -0.15) is 0 Å². The second-order valence-corrected chi connectivity index (χ2v) is 6.54. The number of aromatic nitrogens is 1. The monoisotopic (exact) mass is 425 g/mol. The number of nitrogens with zero attached hydrogens (tertiary/aromatic N) is 1. The molecule has 1 amide bonds. The summed E-state index contributed by atoms with van der Waals surface area (Å²) in [6, 6.07) is 9.32. The molecule has 0 aliphatic heterocycles. The van der Waals surface area contributed by atoms with Crippen molar-refractivity contribution in [1.82, 2.24) is 10.3 Å². The quantitative estimate of drug-likeness (QED) is 0.569. The predicted molar refractivity (Wildman–Crippen MR) is 101 cm³/mol. The van der Waals surface area contributed by atoms with Gasteiger partial charge >= 0.3 is 0 Å². The van der Waals surface area contributed by atoms with E-state index in [1.165, 1.54) is 0 Å². The van der Waals surface area contributed by atoms with Crippen LogP contribution < -0.4 is 10.6 Å². The Hall–Kier alpha value is -1.54. The molecule has 4 nitrogen and oxygen atoms in total. The first-order chi connectivity index (χ1) is 10.4. The molecule has 0 fully saturated rings. The maximum atomic E-state index is 12.2. The maximum Gasteiger partial charge on any atom is 0.257 e. The number of pyridine rings is 1. The molecule has 0 spiro atoms. The molecule has 22 heavy (non-hydrogen) atoms. The lowest BCUT2D eigenvalue weighted by Crippen LogP contribution is -2.34. The normalized spacial score (nSPS) is 10.2. The molecule has 0 aliphatic carbocycles. The van der Waals surface area contributed by atoms with Gasteiger partial charge in [0.15, 0.2) is 5.11 Å². The van der Waals surface area contributed by atoms with Crippen molar-refractivity contribution < 1.29 is 4.79 Å². The molecule has 0 atom stereocenters. The summed E-state index contributed by atoms with van der Waals surface area (Å²) >= 11 is 7.38. The van der Waals surface area contributed by atoms with Gasteiger partial charge in [-0.25, -0.2) is 4.98 Å². The van der Waals surface area contributed by atoms with Crippen molar-refractivity contribution >= 4 is 51.6 Å². The third-order valence-electron chi connectivity index (χ3n) is 3.26. The number of halogens is 1. The van der Waals surface area contributed by atoms with E-state index in [2.05, 4.69) is 38.2 Å². The Bertz CT molecular complexity index is 746. The van der Waals surface area contributed by atoms with Crippen molar-refractivity contribution in [3.63, 3.8) is 0 Å². The molecule has 1 aromatic carbocycles. The van der Waals surface area contributed by atoms with Gasteiger partial charge in [0.05, 0.1) is 5.69 Å². The molecule has 0 bridgehead atoms. The highest BCUT2D eigenvalue weighted by molar-refractivity contribution is 14.1. The van der Waals surface area contributed by atoms with E-state index in [-0.39, 0.29) is 11.0 Å². The van der Waals surface area contributed by atoms with Crippen molar-refractivity contribution in [2.75, 3.05) is 5.32 Å². The van der Waals surface area contributed by atoms with Gasteiger partial charge in [-0.1, -0.05) is 6.07 Å². The second-order valence-electron chi connectivity index (χ2n) is 4.97. The number of anilines is 1. The highest BCUT2D eigenvalue weighted by atomic mass is 127. The van der Waals surface area contributed by atoms with E-state index in [0.717, 1.165) is 20.4 Å². The predicted octanol–water partition coefficient (Wildman–Crippen LogP) is 3.74. The number of benzene rings is 1. The highest BCUT2D eigenvalue weighted by Crippen LogP contribution is 2.13. The van der Waals surface area contributed by atoms with Crippen LogP contribution in [0.5, 0.6) is 0 Å². The fraction of sp³-hybridized carbons (Fsp3) is 0.188. The van der Waals surface area contributed by atoms with Crippen LogP contribution in [-0.4, -0.2) is 16.0 Å². The van der Waals surface area contributed by atoms with Gasteiger partial charge in [-0.05, 0) is 91.0 Å². The molecule has 1 heterocycles. The fourth-order valence-electron chi connectivity index (χ4n) is 1.82. The minimum atomic E-state index is -0.233. The van der Waals surface area contributed by atoms with Crippen molar-refractivity contribution in [1.29, 1.82) is 0 Å². The van der Waals surface area contributed by atoms with Crippen LogP contribution in [0.1, 0.15) is 27.2 Å². The molecule has 0 unspecified atom stereocenters. The average molecular weight is 425 g/mol. The van der Waals surface area contributed by atoms with Crippen LogP contribution in [0.15, 0.2) is 30.3 Å². The van der Waals surface area contributed by atoms with E-state index in [9.17, 15) is 4.79 Å². The molecule has 1 aromatic heterocycles. The standard InChI is InChI=1S/C16H16IN3OS/c1-9-4-5-12(8-10(9)2)15(21)20-16(22)19-14-7-6-13(17)11(3)18-14/h4-8H,1-3H3,(H2,18,19,20,21,22). The smallest absolute Gasteiger partial charge is 0.257 e. The topological polar surface area (TPSA) is 54.0 Å². The molecule has 0 saturated heterocycles. The van der Waals surface area contributed by atoms with Crippen molar-refractivity contribution in [2.24, 2.45) is 0 Å². The molecular weight excluding hydrogens is 409 g/mol. The van der Waals surface area contributed by atoms with Gasteiger partial charge in [0.2, 0.25) is 0 Å². The minimum Gasteiger partial charge on any atom is -0.317 e. The number of hydrogen-bond donors (Lipinski definition) is 2. The van der Waals surface area contributed by atoms with Gasteiger partial charge < -0.3 is 5.32 Å². The first-order valence-electron chi connectivity index (χ1n) is 6.69. The number of carbonyl (C=O) groups excluding carboxylic acids is 1. The van der Waals surface area contributed by atoms with E-state index in [0.29, 0.717) is 11.4 Å². The van der Waals surface area contributed by atoms with E-state index in [4.69, 9.17) is 12.2 Å². The summed E-state index contributed by atoms with van der Waals surface area (Å²) in [5.74, 6) is 0.381. The van der Waals surface area contributed by atoms with Crippen LogP contribution in [0.2, 0.25) is 0 Å². The molecule has 2 aromatic rings. The summed E-state index contributed by atoms with van der Waals surface area (Å²) in [5.41, 5.74) is 3.71. The summed E-state index contributed by atoms with van der Waals surface area (Å²) in [4.78, 5) is 16.5. The van der Waals surface area contributed by atoms with Crippen LogP contribution in [0.3, 0.4) is 0 Å². The number of amides is 1. The molecule has 0 saturated carbocycles. The largest absolute Gasteiger partial charge is 0.317 e. The average Bonchev–Trinajstić information content (AvgIpc) is 2.45. The van der Waals surface area contributed by atoms with Gasteiger partial charge in [0.25, 0.3) is 5.91 Å². The summed E-state index contributed by atoms with van der Waals surface area (Å²) < 4.78 is 1.08. The zero-order chi connectivity index (χ0) is 16.3. The van der Waals surface area contributed by atoms with E-state index in [1.54, 1.807) is 6.07 Å². The van der Waals surface area contributed by atoms with Crippen molar-refractivity contribution in [3.8, 4) is 0 Å². The third-order valence-corrected chi connectivity index (χ3v) is 4.60. The van der Waals surface area contributed by atoms with Gasteiger partial charge in [-0.3, -0.25) is 10.1 Å². The number of carbonyl (C=O) groups is 1. The number of hydrogen-bond acceptors (Lipinski definition) is 3. The molecule has 0 radical (unpaired) electrons. The molecule has 6 heteroatoms. The Morgan fingerprint density at radius 2 is 1.86 bits per heavy atom. The number of nitrogens with one attached hydrogen (secondary N) is 2. The summed E-state index contributed by atoms with van der Waals surface area (Å²) in [5, 5.41) is 5.82. The van der Waals surface area contributed by atoms with Crippen LogP contribution in [0.4, 0.5) is 5.82 Å². The Labute approximate surface area is 148 Å². The third kappa shape index (κ3) is 4.23. The second kappa shape index (κ2) is 7.15. The Kier molecular flexibility index (Phi) is 5.47. The zero-order valence-corrected chi connectivity index (χ0v) is 15.5. The number of thiocarbonyl (C=S) groups is 1. The van der Waals surface area contributed by atoms with Crippen LogP contribution in [0.25, 0.3) is 0 Å². The van der Waals surface area contributed by atoms with E-state index < -0.39 is 0 Å². The fourth-order valence-corrected chi connectivity index (χ4v) is 2.32. The van der Waals surface area contributed by atoms with Crippen molar-refractivity contribution in [3.05, 3.63) is 56.3 Å². The van der Waals surface area contributed by atoms with E-state index in [1.807, 2.05) is 45.0 Å². The molecule has 2 rings (SSSR count). The first-order valence-corrected chi connectivity index (χ1v) is 8.18. The number of aryl methyl sites for hydroxylation is 3. The molecule has 114 valence electrons. The van der Waals surface area contributed by atoms with E-state index >= 15 is 0 Å². The summed E-state index contributed by atoms with van der Waals surface area (Å²) in [6.07, 6.45) is 0. The van der Waals surface area contributed by atoms with Gasteiger partial charge in [-0.15, -0.1) is 0 Å². The summed E-state index contributed by atoms with van der Waals surface area (Å²) in [7, 11) is 0. The number of rotatable bonds is 2. The van der Waals surface area contributed by atoms with Gasteiger partial charge in [0, 0.05) is 9.13 Å². The Morgan fingerprint density at radius 1 is 1.14 bits per heavy atom. The van der Waals surface area contributed by atoms with Crippen molar-refractivity contribution in [2.45, 2.75) is 20.8 Å². The highest BCUT2D eigenvalue weighted by Gasteiger charge is 2.09. The van der Waals surface area contributed by atoms with Crippen LogP contribution >= 0.6 is 34.8 Å². The summed E-state index contributed by atoms with van der Waals surface area (Å²) in [6.45, 7) is 5.90. The maximum absolute atomic E-state index is 12.2. The lowest BCUT2D eigenvalue weighted by molar-refractivity contribution is 0.0977. The Balaban J connectivity index is 2.03. The van der Waals surface area contributed by atoms with Crippen LogP contribution in [0, 0.1) is 24.3 Å². The molecule has 0 aliphatic rings. The van der Waals surface area contributed by atoms with Gasteiger partial charge in [0.1, 0.15) is 5.82 Å². The zero-order valence-electron chi connectivity index (χ0n) is 12.5. The minimum absolute atomic E-state index is 0.233. The SMILES string of the molecule is Cc1ccc(C(=O)NC(=S)Nc2ccc(I)c(C)n2)cc1C. The Morgan fingerprint density at radius 3 is 2.50 bits per heavy atom. The molecule has 2 N–H and O–H groups in total. The lowest BCUT2D eigenvalue weighted by Gasteiger charge is -2.10. The lowest BCUT2D eigenvalue weighted by atomic mass is 10.1. The molecular formula is C16H16IN3OS. The first kappa shape index (κ1) is 16.8.